The Bertz CT molecular complexity index is 685. The van der Waals surface area contributed by atoms with E-state index >= 15 is 0 Å². The SMILES string of the molecule is C[P+](=O)OC[C@@]12CC[C@@H]([C@H](n3ccc(=O)[nH]c3=O)O1)[C@@H]2O. The maximum absolute atomic E-state index is 11.8. The maximum atomic E-state index is 11.8. The van der Waals surface area contributed by atoms with Crippen molar-refractivity contribution < 1.29 is 18.9 Å². The van der Waals surface area contributed by atoms with E-state index in [9.17, 15) is 19.3 Å². The molecule has 0 spiro atoms. The van der Waals surface area contributed by atoms with E-state index in [1.807, 2.05) is 0 Å². The van der Waals surface area contributed by atoms with Gasteiger partial charge in [0.2, 0.25) is 0 Å². The first-order valence-corrected chi connectivity index (χ1v) is 8.26. The topological polar surface area (TPSA) is 111 Å². The van der Waals surface area contributed by atoms with E-state index in [4.69, 9.17) is 9.26 Å². The van der Waals surface area contributed by atoms with Crippen LogP contribution in [0.15, 0.2) is 21.9 Å². The van der Waals surface area contributed by atoms with Gasteiger partial charge in [0.1, 0.15) is 18.4 Å². The van der Waals surface area contributed by atoms with Gasteiger partial charge in [0.25, 0.3) is 5.56 Å². The number of H-pyrrole nitrogens is 1. The molecule has 1 aromatic rings. The minimum atomic E-state index is -1.79. The Balaban J connectivity index is 1.89. The Morgan fingerprint density at radius 2 is 2.38 bits per heavy atom. The summed E-state index contributed by atoms with van der Waals surface area (Å²) >= 11 is 0. The molecule has 2 N–H and O–H groups in total. The van der Waals surface area contributed by atoms with Crippen LogP contribution in [0.5, 0.6) is 0 Å². The molecule has 1 saturated carbocycles. The highest BCUT2D eigenvalue weighted by Crippen LogP contribution is 2.52. The molecule has 1 saturated heterocycles. The van der Waals surface area contributed by atoms with E-state index in [-0.39, 0.29) is 12.5 Å². The summed E-state index contributed by atoms with van der Waals surface area (Å²) in [5, 5.41) is 10.4. The van der Waals surface area contributed by atoms with Gasteiger partial charge in [-0.3, -0.25) is 14.3 Å². The van der Waals surface area contributed by atoms with Crippen molar-refractivity contribution in [1.82, 2.24) is 9.55 Å². The van der Waals surface area contributed by atoms with Gasteiger partial charge in [-0.25, -0.2) is 4.79 Å². The van der Waals surface area contributed by atoms with Gasteiger partial charge in [0.05, 0.1) is 6.10 Å². The van der Waals surface area contributed by atoms with Gasteiger partial charge in [-0.05, 0) is 17.4 Å². The van der Waals surface area contributed by atoms with E-state index in [0.29, 0.717) is 12.8 Å². The summed E-state index contributed by atoms with van der Waals surface area (Å²) in [6.07, 6.45) is 1.15. The Hall–Kier alpha value is -1.34. The molecule has 1 aliphatic carbocycles. The number of aromatic amines is 1. The predicted octanol–water partition coefficient (Wildman–Crippen LogP) is -0.0361. The number of nitrogens with one attached hydrogen (secondary N) is 1. The van der Waals surface area contributed by atoms with Crippen molar-refractivity contribution in [2.75, 3.05) is 13.3 Å². The van der Waals surface area contributed by atoms with Crippen LogP contribution >= 0.6 is 8.03 Å². The highest BCUT2D eigenvalue weighted by Gasteiger charge is 2.61. The monoisotopic (exact) mass is 315 g/mol. The largest absolute Gasteiger partial charge is 0.504 e. The zero-order valence-electron chi connectivity index (χ0n) is 11.4. The fourth-order valence-electron chi connectivity index (χ4n) is 3.14. The second-order valence-corrected chi connectivity index (χ2v) is 6.59. The van der Waals surface area contributed by atoms with Crippen LogP contribution in [0.3, 0.4) is 0 Å². The van der Waals surface area contributed by atoms with Crippen molar-refractivity contribution >= 4 is 8.03 Å². The standard InChI is InChI=1S/C12H15N2O6P/c1-21(18)19-6-12-4-2-7(9(12)16)10(20-12)14-5-3-8(15)13-11(14)17/h3,5,7,9-10,16H,2,4,6H2,1H3/p+1/t7-,9+,10-,12-/m1/s1. The van der Waals surface area contributed by atoms with E-state index in [0.717, 1.165) is 0 Å². The van der Waals surface area contributed by atoms with Crippen LogP contribution in [0, 0.1) is 5.92 Å². The molecule has 114 valence electrons. The molecule has 5 atom stereocenters. The first-order valence-electron chi connectivity index (χ1n) is 6.64. The van der Waals surface area contributed by atoms with Gasteiger partial charge in [0.15, 0.2) is 6.66 Å². The van der Waals surface area contributed by atoms with E-state index in [1.54, 1.807) is 0 Å². The molecule has 2 heterocycles. The van der Waals surface area contributed by atoms with Crippen LogP contribution < -0.4 is 11.2 Å². The summed E-state index contributed by atoms with van der Waals surface area (Å²) in [6.45, 7) is 1.45. The summed E-state index contributed by atoms with van der Waals surface area (Å²) in [6, 6.07) is 1.23. The van der Waals surface area contributed by atoms with Crippen LogP contribution in [-0.4, -0.2) is 39.6 Å². The second kappa shape index (κ2) is 5.14. The average Bonchev–Trinajstić information content (AvgIpc) is 2.87. The van der Waals surface area contributed by atoms with E-state index < -0.39 is 37.2 Å². The van der Waals surface area contributed by atoms with Crippen molar-refractivity contribution in [1.29, 1.82) is 0 Å². The number of hydrogen-bond acceptors (Lipinski definition) is 6. The molecular formula is C12H16N2O6P+. The molecule has 2 fully saturated rings. The summed E-state index contributed by atoms with van der Waals surface area (Å²) in [4.78, 5) is 25.1. The number of hydrogen-bond donors (Lipinski definition) is 2. The quantitative estimate of drug-likeness (QED) is 0.755. The molecule has 0 amide bonds. The van der Waals surface area contributed by atoms with Crippen LogP contribution in [0.25, 0.3) is 0 Å². The molecule has 21 heavy (non-hydrogen) atoms. The molecule has 8 nitrogen and oxygen atoms in total. The number of fused-ring (bicyclic) bond motifs is 2. The lowest BCUT2D eigenvalue weighted by molar-refractivity contribution is -0.135. The zero-order chi connectivity index (χ0) is 15.2. The number of aliphatic hydroxyl groups excluding tert-OH is 1. The summed E-state index contributed by atoms with van der Waals surface area (Å²) in [5.41, 5.74) is -2.00. The number of aliphatic hydroxyl groups is 1. The summed E-state index contributed by atoms with van der Waals surface area (Å²) in [7, 11) is -1.79. The highest BCUT2D eigenvalue weighted by molar-refractivity contribution is 7.38. The van der Waals surface area contributed by atoms with Crippen molar-refractivity contribution in [3.8, 4) is 0 Å². The first kappa shape index (κ1) is 14.6. The number of nitrogens with zero attached hydrogens (tertiary/aromatic N) is 1. The molecule has 0 radical (unpaired) electrons. The number of rotatable bonds is 4. The van der Waals surface area contributed by atoms with Crippen LogP contribution in [0.2, 0.25) is 0 Å². The van der Waals surface area contributed by atoms with Gasteiger partial charge in [0, 0.05) is 18.2 Å². The normalized spacial score (nSPS) is 35.1. The zero-order valence-corrected chi connectivity index (χ0v) is 12.3. The van der Waals surface area contributed by atoms with Gasteiger partial charge >= 0.3 is 13.7 Å². The third-order valence-electron chi connectivity index (χ3n) is 4.18. The minimum absolute atomic E-state index is 0.0188. The Morgan fingerprint density at radius 3 is 3.05 bits per heavy atom. The van der Waals surface area contributed by atoms with Crippen molar-refractivity contribution in [2.45, 2.75) is 30.8 Å². The van der Waals surface area contributed by atoms with Crippen LogP contribution in [0.4, 0.5) is 0 Å². The third-order valence-corrected chi connectivity index (χ3v) is 4.68. The summed E-state index contributed by atoms with van der Waals surface area (Å²) < 4.78 is 23.4. The number of ether oxygens (including phenoxy) is 1. The van der Waals surface area contributed by atoms with Crippen molar-refractivity contribution in [3.05, 3.63) is 33.1 Å². The Morgan fingerprint density at radius 1 is 1.62 bits per heavy atom. The van der Waals surface area contributed by atoms with Gasteiger partial charge in [-0.15, -0.1) is 4.52 Å². The fourth-order valence-corrected chi connectivity index (χ4v) is 3.54. The van der Waals surface area contributed by atoms with Crippen LogP contribution in [0.1, 0.15) is 19.1 Å². The lowest BCUT2D eigenvalue weighted by atomic mass is 10.0. The molecule has 9 heteroatoms. The minimum Gasteiger partial charge on any atom is -0.390 e. The average molecular weight is 315 g/mol. The first-order chi connectivity index (χ1) is 9.93. The Labute approximate surface area is 120 Å². The van der Waals surface area contributed by atoms with Gasteiger partial charge in [-0.1, -0.05) is 0 Å². The van der Waals surface area contributed by atoms with E-state index in [2.05, 4.69) is 4.98 Å². The van der Waals surface area contributed by atoms with Crippen molar-refractivity contribution in [3.63, 3.8) is 0 Å². The van der Waals surface area contributed by atoms with Crippen molar-refractivity contribution in [2.24, 2.45) is 5.92 Å². The second-order valence-electron chi connectivity index (χ2n) is 5.45. The summed E-state index contributed by atoms with van der Waals surface area (Å²) in [5.74, 6) is -0.257. The molecule has 2 aliphatic rings. The third kappa shape index (κ3) is 2.38. The lowest BCUT2D eigenvalue weighted by Gasteiger charge is -2.29. The molecular weight excluding hydrogens is 299 g/mol. The molecule has 1 aliphatic heterocycles. The molecule has 2 bridgehead atoms. The van der Waals surface area contributed by atoms with Gasteiger partial charge < -0.3 is 9.84 Å². The highest BCUT2D eigenvalue weighted by atomic mass is 31.1. The Kier molecular flexibility index (Phi) is 3.57. The lowest BCUT2D eigenvalue weighted by Crippen LogP contribution is -2.41. The van der Waals surface area contributed by atoms with E-state index in [1.165, 1.54) is 23.5 Å². The molecule has 1 unspecified atom stereocenters. The van der Waals surface area contributed by atoms with Gasteiger partial charge in [-0.2, -0.15) is 0 Å². The number of aromatic nitrogens is 2. The van der Waals surface area contributed by atoms with Crippen LogP contribution in [-0.2, 0) is 13.8 Å². The maximum Gasteiger partial charge on any atom is 0.504 e. The fraction of sp³-hybridized carbons (Fsp3) is 0.667. The molecule has 3 rings (SSSR count). The molecule has 0 aromatic carbocycles. The molecule has 1 aromatic heterocycles. The smallest absolute Gasteiger partial charge is 0.390 e. The predicted molar refractivity (Wildman–Crippen MR) is 72.4 cm³/mol.